The van der Waals surface area contributed by atoms with Gasteiger partial charge in [0.25, 0.3) is 0 Å². The summed E-state index contributed by atoms with van der Waals surface area (Å²) in [7, 11) is 0. The van der Waals surface area contributed by atoms with Gasteiger partial charge in [0.05, 0.1) is 11.2 Å². The highest BCUT2D eigenvalue weighted by Gasteiger charge is 2.43. The van der Waals surface area contributed by atoms with Crippen LogP contribution < -0.4 is 5.32 Å². The highest BCUT2D eigenvalue weighted by atomic mass is 16.5. The summed E-state index contributed by atoms with van der Waals surface area (Å²) in [5.74, 6) is 0. The number of rotatable bonds is 0. The Labute approximate surface area is 62.0 Å². The van der Waals surface area contributed by atoms with E-state index in [-0.39, 0.29) is 11.2 Å². The lowest BCUT2D eigenvalue weighted by Gasteiger charge is -2.32. The van der Waals surface area contributed by atoms with Crippen molar-refractivity contribution in [1.82, 2.24) is 10.4 Å². The minimum Gasteiger partial charge on any atom is -0.312 e. The Morgan fingerprint density at radius 3 is 1.90 bits per heavy atom. The molecule has 2 N–H and O–H groups in total. The molecule has 0 aromatic carbocycles. The minimum atomic E-state index is -0.274. The Balaban J connectivity index is 2.77. The fourth-order valence-electron chi connectivity index (χ4n) is 1.34. The van der Waals surface area contributed by atoms with Crippen molar-refractivity contribution in [2.24, 2.45) is 0 Å². The third-order valence-corrected chi connectivity index (χ3v) is 2.06. The van der Waals surface area contributed by atoms with Crippen molar-refractivity contribution in [1.29, 1.82) is 0 Å². The molecular weight excluding hydrogens is 128 g/mol. The van der Waals surface area contributed by atoms with Crippen LogP contribution in [0, 0.1) is 0 Å². The zero-order valence-corrected chi connectivity index (χ0v) is 7.10. The van der Waals surface area contributed by atoms with Gasteiger partial charge in [-0.15, -0.1) is 0 Å². The van der Waals surface area contributed by atoms with E-state index < -0.39 is 0 Å². The Kier molecular flexibility index (Phi) is 1.54. The number of nitrogens with zero attached hydrogens (tertiary/aromatic N) is 1. The smallest absolute Gasteiger partial charge is 0.0900 e. The van der Waals surface area contributed by atoms with E-state index in [0.29, 0.717) is 0 Å². The molecule has 0 spiro atoms. The number of hydrogen-bond acceptors (Lipinski definition) is 3. The monoisotopic (exact) mass is 144 g/mol. The molecule has 0 aromatic rings. The molecule has 0 amide bonds. The van der Waals surface area contributed by atoms with Crippen LogP contribution in [0.3, 0.4) is 0 Å². The minimum absolute atomic E-state index is 0.135. The molecule has 1 rings (SSSR count). The molecule has 0 bridgehead atoms. The normalized spacial score (nSPS) is 30.9. The summed E-state index contributed by atoms with van der Waals surface area (Å²) in [5, 5.41) is 14.1. The largest absolute Gasteiger partial charge is 0.312 e. The molecule has 3 nitrogen and oxygen atoms in total. The summed E-state index contributed by atoms with van der Waals surface area (Å²) < 4.78 is 0. The van der Waals surface area contributed by atoms with Crippen molar-refractivity contribution in [2.45, 2.75) is 38.9 Å². The van der Waals surface area contributed by atoms with Gasteiger partial charge in [0.2, 0.25) is 0 Å². The molecular formula is C7H16N2O. The summed E-state index contributed by atoms with van der Waals surface area (Å²) in [6.45, 7) is 8.77. The van der Waals surface area contributed by atoms with Gasteiger partial charge < -0.3 is 5.21 Å². The summed E-state index contributed by atoms with van der Waals surface area (Å²) in [4.78, 5) is 0. The van der Waals surface area contributed by atoms with Crippen molar-refractivity contribution in [3.63, 3.8) is 0 Å². The zero-order chi connectivity index (χ0) is 7.99. The molecule has 0 unspecified atom stereocenters. The zero-order valence-electron chi connectivity index (χ0n) is 7.10. The van der Waals surface area contributed by atoms with Gasteiger partial charge in [-0.3, -0.25) is 5.32 Å². The first-order valence-corrected chi connectivity index (χ1v) is 3.60. The van der Waals surface area contributed by atoms with Gasteiger partial charge >= 0.3 is 0 Å². The maximum Gasteiger partial charge on any atom is 0.0900 e. The van der Waals surface area contributed by atoms with Gasteiger partial charge in [0, 0.05) is 6.54 Å². The van der Waals surface area contributed by atoms with Crippen molar-refractivity contribution in [3.8, 4) is 0 Å². The van der Waals surface area contributed by atoms with Crippen LogP contribution in [0.5, 0.6) is 0 Å². The van der Waals surface area contributed by atoms with Gasteiger partial charge in [-0.05, 0) is 27.7 Å². The molecule has 3 heteroatoms. The second-order valence-electron chi connectivity index (χ2n) is 4.04. The van der Waals surface area contributed by atoms with Gasteiger partial charge in [0.1, 0.15) is 0 Å². The average molecular weight is 144 g/mol. The van der Waals surface area contributed by atoms with Crippen LogP contribution in [0.2, 0.25) is 0 Å². The van der Waals surface area contributed by atoms with Crippen LogP contribution in [0.25, 0.3) is 0 Å². The Hall–Kier alpha value is -0.120. The van der Waals surface area contributed by atoms with E-state index in [4.69, 9.17) is 0 Å². The van der Waals surface area contributed by atoms with E-state index in [2.05, 4.69) is 5.32 Å². The first kappa shape index (κ1) is 7.98. The number of hydroxylamine groups is 2. The highest BCUT2D eigenvalue weighted by molar-refractivity contribution is 4.95. The third-order valence-electron chi connectivity index (χ3n) is 2.06. The number of hydrogen-bond donors (Lipinski definition) is 2. The van der Waals surface area contributed by atoms with Gasteiger partial charge in [-0.2, -0.15) is 5.06 Å². The molecule has 0 aliphatic carbocycles. The number of nitrogens with one attached hydrogen (secondary N) is 1. The Morgan fingerprint density at radius 2 is 1.80 bits per heavy atom. The van der Waals surface area contributed by atoms with E-state index in [1.54, 1.807) is 0 Å². The SMILES string of the molecule is CC1(C)CNC(C)(C)N1O. The molecule has 0 atom stereocenters. The predicted octanol–water partition coefficient (Wildman–Crippen LogP) is 0.796. The molecule has 0 radical (unpaired) electrons. The van der Waals surface area contributed by atoms with Crippen molar-refractivity contribution >= 4 is 0 Å². The quantitative estimate of drug-likeness (QED) is 0.527. The molecule has 1 fully saturated rings. The molecule has 10 heavy (non-hydrogen) atoms. The van der Waals surface area contributed by atoms with E-state index in [1.807, 2.05) is 27.7 Å². The molecule has 1 heterocycles. The first-order valence-electron chi connectivity index (χ1n) is 3.60. The van der Waals surface area contributed by atoms with Crippen LogP contribution in [0.15, 0.2) is 0 Å². The fraction of sp³-hybridized carbons (Fsp3) is 1.00. The molecule has 1 aliphatic heterocycles. The van der Waals surface area contributed by atoms with E-state index in [0.717, 1.165) is 6.54 Å². The van der Waals surface area contributed by atoms with Crippen LogP contribution in [-0.4, -0.2) is 28.0 Å². The fourth-order valence-corrected chi connectivity index (χ4v) is 1.34. The topological polar surface area (TPSA) is 35.5 Å². The van der Waals surface area contributed by atoms with Crippen molar-refractivity contribution in [3.05, 3.63) is 0 Å². The molecule has 60 valence electrons. The summed E-state index contributed by atoms with van der Waals surface area (Å²) in [6.07, 6.45) is 0. The van der Waals surface area contributed by atoms with E-state index in [1.165, 1.54) is 5.06 Å². The van der Waals surface area contributed by atoms with Crippen LogP contribution >= 0.6 is 0 Å². The van der Waals surface area contributed by atoms with Crippen LogP contribution in [0.1, 0.15) is 27.7 Å². The summed E-state index contributed by atoms with van der Waals surface area (Å²) in [6, 6.07) is 0. The van der Waals surface area contributed by atoms with Crippen molar-refractivity contribution < 1.29 is 5.21 Å². The Morgan fingerprint density at radius 1 is 1.30 bits per heavy atom. The molecule has 0 aromatic heterocycles. The second-order valence-corrected chi connectivity index (χ2v) is 4.04. The van der Waals surface area contributed by atoms with Crippen LogP contribution in [-0.2, 0) is 0 Å². The summed E-state index contributed by atoms with van der Waals surface area (Å²) in [5.41, 5.74) is -0.410. The van der Waals surface area contributed by atoms with Gasteiger partial charge in [-0.1, -0.05) is 0 Å². The van der Waals surface area contributed by atoms with E-state index >= 15 is 0 Å². The average Bonchev–Trinajstić information content (AvgIpc) is 1.95. The second kappa shape index (κ2) is 1.94. The standard InChI is InChI=1S/C7H16N2O/c1-6(2)5-8-7(3,4)9(6)10/h8,10H,5H2,1-4H3. The molecule has 1 aliphatic rings. The predicted molar refractivity (Wildman–Crippen MR) is 39.8 cm³/mol. The lowest BCUT2D eigenvalue weighted by Crippen LogP contribution is -2.48. The van der Waals surface area contributed by atoms with Crippen LogP contribution in [0.4, 0.5) is 0 Å². The van der Waals surface area contributed by atoms with Gasteiger partial charge in [-0.25, -0.2) is 0 Å². The lowest BCUT2D eigenvalue weighted by atomic mass is 10.1. The lowest BCUT2D eigenvalue weighted by molar-refractivity contribution is -0.193. The molecule has 1 saturated heterocycles. The molecule has 0 saturated carbocycles. The summed E-state index contributed by atoms with van der Waals surface area (Å²) >= 11 is 0. The maximum absolute atomic E-state index is 9.56. The Bertz CT molecular complexity index is 127. The van der Waals surface area contributed by atoms with Gasteiger partial charge in [0.15, 0.2) is 0 Å². The van der Waals surface area contributed by atoms with E-state index in [9.17, 15) is 5.21 Å². The van der Waals surface area contributed by atoms with Crippen molar-refractivity contribution in [2.75, 3.05) is 6.54 Å². The maximum atomic E-state index is 9.56. The highest BCUT2D eigenvalue weighted by Crippen LogP contribution is 2.26. The third kappa shape index (κ3) is 1.05. The first-order chi connectivity index (χ1) is 4.36.